The van der Waals surface area contributed by atoms with Crippen LogP contribution in [0, 0.1) is 17.2 Å². The maximum Gasteiger partial charge on any atom is 0.337 e. The van der Waals surface area contributed by atoms with Gasteiger partial charge in [0, 0.05) is 6.61 Å². The number of hydrogen-bond donors (Lipinski definition) is 1. The average Bonchev–Trinajstić information content (AvgIpc) is 2.65. The lowest BCUT2D eigenvalue weighted by atomic mass is 9.93. The number of methoxy groups -OCH3 is 1. The lowest BCUT2D eigenvalue weighted by Crippen LogP contribution is -2.11. The number of aliphatic hydroxyl groups is 1. The Morgan fingerprint density at radius 2 is 1.75 bits per heavy atom. The second-order valence-electron chi connectivity index (χ2n) is 5.79. The molecule has 4 heteroatoms. The number of carbonyl (C=O) groups is 1. The standard InChI is InChI=1S/C20H21NO3/c1-24-20(23)19-10-8-15(9-11-19)2-7-18(14-22)12-16-3-5-17(13-21)6-4-16/h3-6,8-11,18,22H,2,7,12,14H2,1H3. The maximum atomic E-state index is 11.4. The van der Waals surface area contributed by atoms with E-state index in [1.165, 1.54) is 7.11 Å². The zero-order valence-corrected chi connectivity index (χ0v) is 13.7. The van der Waals surface area contributed by atoms with E-state index < -0.39 is 0 Å². The van der Waals surface area contributed by atoms with E-state index in [1.807, 2.05) is 24.3 Å². The smallest absolute Gasteiger partial charge is 0.337 e. The van der Waals surface area contributed by atoms with Crippen molar-refractivity contribution in [1.82, 2.24) is 0 Å². The van der Waals surface area contributed by atoms with Gasteiger partial charge in [0.1, 0.15) is 0 Å². The van der Waals surface area contributed by atoms with Crippen LogP contribution in [0.2, 0.25) is 0 Å². The van der Waals surface area contributed by atoms with Gasteiger partial charge in [-0.1, -0.05) is 24.3 Å². The lowest BCUT2D eigenvalue weighted by Gasteiger charge is -2.14. The minimum Gasteiger partial charge on any atom is -0.465 e. The highest BCUT2D eigenvalue weighted by Gasteiger charge is 2.10. The van der Waals surface area contributed by atoms with E-state index in [2.05, 4.69) is 10.8 Å². The summed E-state index contributed by atoms with van der Waals surface area (Å²) in [5.74, 6) is -0.172. The van der Waals surface area contributed by atoms with E-state index in [1.54, 1.807) is 24.3 Å². The van der Waals surface area contributed by atoms with Gasteiger partial charge in [-0.25, -0.2) is 4.79 Å². The molecule has 1 atom stereocenters. The highest BCUT2D eigenvalue weighted by atomic mass is 16.5. The quantitative estimate of drug-likeness (QED) is 0.795. The molecule has 2 aromatic rings. The first-order valence-electron chi connectivity index (χ1n) is 7.93. The molecule has 4 nitrogen and oxygen atoms in total. The number of nitrogens with zero attached hydrogens (tertiary/aromatic N) is 1. The van der Waals surface area contributed by atoms with Crippen LogP contribution in [0.15, 0.2) is 48.5 Å². The van der Waals surface area contributed by atoms with Gasteiger partial charge in [-0.2, -0.15) is 5.26 Å². The van der Waals surface area contributed by atoms with Crippen molar-refractivity contribution in [2.75, 3.05) is 13.7 Å². The summed E-state index contributed by atoms with van der Waals surface area (Å²) in [7, 11) is 1.37. The van der Waals surface area contributed by atoms with Gasteiger partial charge in [0.15, 0.2) is 0 Å². The van der Waals surface area contributed by atoms with Gasteiger partial charge in [0.25, 0.3) is 0 Å². The Balaban J connectivity index is 1.90. The summed E-state index contributed by atoms with van der Waals surface area (Å²) in [5.41, 5.74) is 3.43. The Morgan fingerprint density at radius 1 is 1.12 bits per heavy atom. The first kappa shape index (κ1) is 17.7. The van der Waals surface area contributed by atoms with Gasteiger partial charge in [0.05, 0.1) is 24.3 Å². The fourth-order valence-corrected chi connectivity index (χ4v) is 2.60. The third-order valence-corrected chi connectivity index (χ3v) is 4.08. The van der Waals surface area contributed by atoms with Crippen molar-refractivity contribution < 1.29 is 14.6 Å². The third kappa shape index (κ3) is 4.94. The zero-order chi connectivity index (χ0) is 17.4. The fraction of sp³-hybridized carbons (Fsp3) is 0.300. The van der Waals surface area contributed by atoms with Crippen LogP contribution < -0.4 is 0 Å². The second kappa shape index (κ2) is 8.85. The van der Waals surface area contributed by atoms with Gasteiger partial charge in [-0.3, -0.25) is 0 Å². The molecule has 124 valence electrons. The maximum absolute atomic E-state index is 11.4. The highest BCUT2D eigenvalue weighted by molar-refractivity contribution is 5.89. The molecule has 24 heavy (non-hydrogen) atoms. The summed E-state index contributed by atoms with van der Waals surface area (Å²) in [4.78, 5) is 11.4. The van der Waals surface area contributed by atoms with Crippen molar-refractivity contribution in [3.8, 4) is 6.07 Å². The van der Waals surface area contributed by atoms with E-state index in [4.69, 9.17) is 5.26 Å². The number of aryl methyl sites for hydroxylation is 1. The number of ether oxygens (including phenoxy) is 1. The number of hydrogen-bond acceptors (Lipinski definition) is 4. The van der Waals surface area contributed by atoms with Gasteiger partial charge in [-0.15, -0.1) is 0 Å². The molecule has 0 amide bonds. The van der Waals surface area contributed by atoms with Crippen LogP contribution in [0.4, 0.5) is 0 Å². The lowest BCUT2D eigenvalue weighted by molar-refractivity contribution is 0.0600. The molecule has 0 aliphatic carbocycles. The first-order chi connectivity index (χ1) is 11.7. The van der Waals surface area contributed by atoms with Crippen LogP contribution in [0.1, 0.15) is 33.5 Å². The number of carbonyl (C=O) groups excluding carboxylic acids is 1. The highest BCUT2D eigenvalue weighted by Crippen LogP contribution is 2.16. The van der Waals surface area contributed by atoms with Crippen molar-refractivity contribution in [3.05, 3.63) is 70.8 Å². The summed E-state index contributed by atoms with van der Waals surface area (Å²) in [6.45, 7) is 0.125. The number of nitriles is 1. The first-order valence-corrected chi connectivity index (χ1v) is 7.93. The van der Waals surface area contributed by atoms with E-state index in [0.717, 1.165) is 30.4 Å². The van der Waals surface area contributed by atoms with Crippen molar-refractivity contribution in [1.29, 1.82) is 5.26 Å². The van der Waals surface area contributed by atoms with E-state index >= 15 is 0 Å². The Hall–Kier alpha value is -2.64. The van der Waals surface area contributed by atoms with Gasteiger partial charge >= 0.3 is 5.97 Å². The Bertz CT molecular complexity index is 699. The summed E-state index contributed by atoms with van der Waals surface area (Å²) < 4.78 is 4.68. The Labute approximate surface area is 142 Å². The van der Waals surface area contributed by atoms with Gasteiger partial charge in [-0.05, 0) is 60.6 Å². The minimum absolute atomic E-state index is 0.125. The van der Waals surface area contributed by atoms with Crippen molar-refractivity contribution in [2.45, 2.75) is 19.3 Å². The third-order valence-electron chi connectivity index (χ3n) is 4.08. The van der Waals surface area contributed by atoms with Gasteiger partial charge < -0.3 is 9.84 Å². The number of esters is 1. The molecule has 0 bridgehead atoms. The molecule has 0 saturated heterocycles. The van der Waals surface area contributed by atoms with E-state index in [9.17, 15) is 9.90 Å². The predicted octanol–water partition coefficient (Wildman–Crippen LogP) is 3.13. The molecule has 0 aliphatic heterocycles. The molecule has 0 saturated carbocycles. The van der Waals surface area contributed by atoms with Crippen molar-refractivity contribution in [3.63, 3.8) is 0 Å². The number of rotatable bonds is 7. The molecule has 0 radical (unpaired) electrons. The Kier molecular flexibility index (Phi) is 6.53. The summed E-state index contributed by atoms with van der Waals surface area (Å²) in [6, 6.07) is 16.9. The van der Waals surface area contributed by atoms with Crippen molar-refractivity contribution in [2.24, 2.45) is 5.92 Å². The predicted molar refractivity (Wildman–Crippen MR) is 91.5 cm³/mol. The summed E-state index contributed by atoms with van der Waals surface area (Å²) >= 11 is 0. The second-order valence-corrected chi connectivity index (χ2v) is 5.79. The monoisotopic (exact) mass is 323 g/mol. The molecule has 2 aromatic carbocycles. The molecular formula is C20H21NO3. The van der Waals surface area contributed by atoms with Crippen LogP contribution in [0.3, 0.4) is 0 Å². The van der Waals surface area contributed by atoms with Crippen LogP contribution >= 0.6 is 0 Å². The van der Waals surface area contributed by atoms with Crippen LogP contribution in [-0.2, 0) is 17.6 Å². The molecule has 0 spiro atoms. The summed E-state index contributed by atoms with van der Waals surface area (Å²) in [6.07, 6.45) is 2.47. The molecular weight excluding hydrogens is 302 g/mol. The molecule has 0 aromatic heterocycles. The van der Waals surface area contributed by atoms with Crippen molar-refractivity contribution >= 4 is 5.97 Å². The molecule has 1 N–H and O–H groups in total. The zero-order valence-electron chi connectivity index (χ0n) is 13.7. The van der Waals surface area contributed by atoms with Gasteiger partial charge in [0.2, 0.25) is 0 Å². The SMILES string of the molecule is COC(=O)c1ccc(CCC(CO)Cc2ccc(C#N)cc2)cc1. The average molecular weight is 323 g/mol. The van der Waals surface area contributed by atoms with Crippen LogP contribution in [0.5, 0.6) is 0 Å². The number of benzene rings is 2. The normalized spacial score (nSPS) is 11.5. The minimum atomic E-state index is -0.337. The van der Waals surface area contributed by atoms with Crippen LogP contribution in [-0.4, -0.2) is 24.8 Å². The van der Waals surface area contributed by atoms with E-state index in [-0.39, 0.29) is 18.5 Å². The van der Waals surface area contributed by atoms with Crippen LogP contribution in [0.25, 0.3) is 0 Å². The molecule has 0 aliphatic rings. The van der Waals surface area contributed by atoms with E-state index in [0.29, 0.717) is 11.1 Å². The molecule has 0 heterocycles. The topological polar surface area (TPSA) is 70.3 Å². The molecule has 0 fully saturated rings. The number of aliphatic hydroxyl groups excluding tert-OH is 1. The molecule has 1 unspecified atom stereocenters. The fourth-order valence-electron chi connectivity index (χ4n) is 2.60. The molecule has 2 rings (SSSR count). The largest absolute Gasteiger partial charge is 0.465 e. The Morgan fingerprint density at radius 3 is 2.29 bits per heavy atom. The summed E-state index contributed by atoms with van der Waals surface area (Å²) in [5, 5.41) is 18.4.